The average molecular weight is 209 g/mol. The molecule has 1 aliphatic heterocycles. The van der Waals surface area contributed by atoms with Gasteiger partial charge in [0, 0.05) is 6.07 Å². The maximum absolute atomic E-state index is 10.7. The first kappa shape index (κ1) is 9.64. The summed E-state index contributed by atoms with van der Waals surface area (Å²) in [6.45, 7) is 0.259. The van der Waals surface area contributed by atoms with Gasteiger partial charge in [-0.3, -0.25) is 0 Å². The van der Waals surface area contributed by atoms with Crippen molar-refractivity contribution in [1.29, 1.82) is 0 Å². The van der Waals surface area contributed by atoms with Crippen molar-refractivity contribution in [3.63, 3.8) is 0 Å². The summed E-state index contributed by atoms with van der Waals surface area (Å²) in [6.07, 6.45) is -0.828. The minimum Gasteiger partial charge on any atom is -0.497 e. The number of aliphatic carboxylic acids is 1. The molecule has 0 fully saturated rings. The fraction of sp³-hybridized carbons (Fsp3) is 0.300. The number of carboxylic acids is 1. The van der Waals surface area contributed by atoms with Crippen molar-refractivity contribution in [2.75, 3.05) is 19.0 Å². The van der Waals surface area contributed by atoms with Crippen LogP contribution in [-0.4, -0.2) is 30.8 Å². The lowest BCUT2D eigenvalue weighted by Crippen LogP contribution is -2.37. The number of carboxylic acid groups (broad SMARTS) is 1. The number of anilines is 1. The molecule has 1 atom stereocenters. The maximum Gasteiger partial charge on any atom is 0.346 e. The van der Waals surface area contributed by atoms with Crippen LogP contribution in [0, 0.1) is 0 Å². The third-order valence-electron chi connectivity index (χ3n) is 2.21. The number of hydrogen-bond acceptors (Lipinski definition) is 4. The van der Waals surface area contributed by atoms with Gasteiger partial charge in [-0.2, -0.15) is 0 Å². The van der Waals surface area contributed by atoms with Gasteiger partial charge in [-0.15, -0.1) is 0 Å². The number of benzene rings is 1. The van der Waals surface area contributed by atoms with E-state index in [1.165, 1.54) is 0 Å². The highest BCUT2D eigenvalue weighted by Gasteiger charge is 2.25. The normalized spacial score (nSPS) is 18.3. The summed E-state index contributed by atoms with van der Waals surface area (Å²) in [4.78, 5) is 10.7. The minimum atomic E-state index is -0.969. The van der Waals surface area contributed by atoms with Crippen molar-refractivity contribution in [2.45, 2.75) is 6.10 Å². The molecule has 0 amide bonds. The molecule has 0 saturated carbocycles. The van der Waals surface area contributed by atoms with E-state index < -0.39 is 12.1 Å². The van der Waals surface area contributed by atoms with Crippen LogP contribution in [-0.2, 0) is 4.79 Å². The summed E-state index contributed by atoms with van der Waals surface area (Å²) in [5.41, 5.74) is 0.756. The lowest BCUT2D eigenvalue weighted by Gasteiger charge is -2.24. The van der Waals surface area contributed by atoms with Gasteiger partial charge in [-0.1, -0.05) is 0 Å². The van der Waals surface area contributed by atoms with Crippen LogP contribution in [0.25, 0.3) is 0 Å². The van der Waals surface area contributed by atoms with Gasteiger partial charge in [-0.05, 0) is 12.1 Å². The van der Waals surface area contributed by atoms with Crippen LogP contribution < -0.4 is 14.8 Å². The summed E-state index contributed by atoms with van der Waals surface area (Å²) < 4.78 is 10.3. The largest absolute Gasteiger partial charge is 0.497 e. The second-order valence-electron chi connectivity index (χ2n) is 3.19. The van der Waals surface area contributed by atoms with Crippen LogP contribution in [0.1, 0.15) is 0 Å². The molecule has 15 heavy (non-hydrogen) atoms. The Morgan fingerprint density at radius 2 is 2.47 bits per heavy atom. The SMILES string of the molecule is COc1ccc2c(c1)NCC(C(=O)O)O2. The van der Waals surface area contributed by atoms with E-state index in [1.54, 1.807) is 25.3 Å². The Balaban J connectivity index is 2.24. The maximum atomic E-state index is 10.7. The smallest absolute Gasteiger partial charge is 0.346 e. The number of hydrogen-bond donors (Lipinski definition) is 2. The van der Waals surface area contributed by atoms with Crippen molar-refractivity contribution >= 4 is 11.7 Å². The van der Waals surface area contributed by atoms with E-state index in [-0.39, 0.29) is 6.54 Å². The Kier molecular flexibility index (Phi) is 2.37. The van der Waals surface area contributed by atoms with Crippen molar-refractivity contribution in [3.05, 3.63) is 18.2 Å². The van der Waals surface area contributed by atoms with Gasteiger partial charge >= 0.3 is 5.97 Å². The summed E-state index contributed by atoms with van der Waals surface area (Å²) in [7, 11) is 1.57. The van der Waals surface area contributed by atoms with Crippen LogP contribution in [0.5, 0.6) is 11.5 Å². The van der Waals surface area contributed by atoms with E-state index in [4.69, 9.17) is 14.6 Å². The van der Waals surface area contributed by atoms with Crippen molar-refractivity contribution in [1.82, 2.24) is 0 Å². The molecular formula is C10H11NO4. The molecule has 2 N–H and O–H groups in total. The molecule has 0 radical (unpaired) electrons. The first-order valence-corrected chi connectivity index (χ1v) is 4.52. The third kappa shape index (κ3) is 1.81. The monoisotopic (exact) mass is 209 g/mol. The molecule has 0 bridgehead atoms. The van der Waals surface area contributed by atoms with Gasteiger partial charge in [0.05, 0.1) is 19.3 Å². The van der Waals surface area contributed by atoms with Gasteiger partial charge in [-0.25, -0.2) is 4.79 Å². The van der Waals surface area contributed by atoms with Gasteiger partial charge in [0.25, 0.3) is 0 Å². The predicted octanol–water partition coefficient (Wildman–Crippen LogP) is 0.953. The molecule has 1 unspecified atom stereocenters. The molecule has 0 aliphatic carbocycles. The topological polar surface area (TPSA) is 67.8 Å². The number of carbonyl (C=O) groups is 1. The second-order valence-corrected chi connectivity index (χ2v) is 3.19. The van der Waals surface area contributed by atoms with Crippen LogP contribution >= 0.6 is 0 Å². The predicted molar refractivity (Wildman–Crippen MR) is 53.5 cm³/mol. The van der Waals surface area contributed by atoms with Crippen LogP contribution in [0.15, 0.2) is 18.2 Å². The molecule has 0 spiro atoms. The number of nitrogens with one attached hydrogen (secondary N) is 1. The summed E-state index contributed by atoms with van der Waals surface area (Å²) in [5.74, 6) is 0.275. The fourth-order valence-corrected chi connectivity index (χ4v) is 1.41. The molecule has 0 saturated heterocycles. The summed E-state index contributed by atoms with van der Waals surface area (Å²) >= 11 is 0. The molecule has 5 nitrogen and oxygen atoms in total. The molecule has 0 aromatic heterocycles. The highest BCUT2D eigenvalue weighted by molar-refractivity contribution is 5.76. The lowest BCUT2D eigenvalue weighted by molar-refractivity contribution is -0.144. The van der Waals surface area contributed by atoms with Crippen molar-refractivity contribution in [3.8, 4) is 11.5 Å². The quantitative estimate of drug-likeness (QED) is 0.759. The minimum absolute atomic E-state index is 0.259. The molecule has 1 aromatic rings. The highest BCUT2D eigenvalue weighted by atomic mass is 16.5. The van der Waals surface area contributed by atoms with Gasteiger partial charge in [0.15, 0.2) is 0 Å². The zero-order chi connectivity index (χ0) is 10.8. The molecule has 5 heteroatoms. The van der Waals surface area contributed by atoms with E-state index in [2.05, 4.69) is 5.32 Å². The third-order valence-corrected chi connectivity index (χ3v) is 2.21. The molecule has 80 valence electrons. The molecule has 1 aliphatic rings. The first-order valence-electron chi connectivity index (χ1n) is 4.52. The van der Waals surface area contributed by atoms with Crippen LogP contribution in [0.3, 0.4) is 0 Å². The van der Waals surface area contributed by atoms with Crippen molar-refractivity contribution < 1.29 is 19.4 Å². The molecule has 1 heterocycles. The summed E-state index contributed by atoms with van der Waals surface area (Å²) in [6, 6.07) is 5.19. The lowest BCUT2D eigenvalue weighted by atomic mass is 10.2. The number of fused-ring (bicyclic) bond motifs is 1. The van der Waals surface area contributed by atoms with E-state index in [0.29, 0.717) is 11.5 Å². The average Bonchev–Trinajstić information content (AvgIpc) is 2.27. The Labute approximate surface area is 86.6 Å². The standard InChI is InChI=1S/C10H11NO4/c1-14-6-2-3-8-7(4-6)11-5-9(15-8)10(12)13/h2-4,9,11H,5H2,1H3,(H,12,13). The van der Waals surface area contributed by atoms with E-state index in [9.17, 15) is 4.79 Å². The first-order chi connectivity index (χ1) is 7.20. The van der Waals surface area contributed by atoms with Gasteiger partial charge < -0.3 is 19.9 Å². The fourth-order valence-electron chi connectivity index (χ4n) is 1.41. The van der Waals surface area contributed by atoms with Crippen LogP contribution in [0.4, 0.5) is 5.69 Å². The zero-order valence-corrected chi connectivity index (χ0v) is 8.19. The number of ether oxygens (including phenoxy) is 2. The van der Waals surface area contributed by atoms with Crippen LogP contribution in [0.2, 0.25) is 0 Å². The van der Waals surface area contributed by atoms with Gasteiger partial charge in [0.1, 0.15) is 11.5 Å². The molecule has 1 aromatic carbocycles. The van der Waals surface area contributed by atoms with Gasteiger partial charge in [0.2, 0.25) is 6.10 Å². The molecular weight excluding hydrogens is 198 g/mol. The highest BCUT2D eigenvalue weighted by Crippen LogP contribution is 2.32. The van der Waals surface area contributed by atoms with E-state index >= 15 is 0 Å². The van der Waals surface area contributed by atoms with E-state index in [0.717, 1.165) is 5.69 Å². The second kappa shape index (κ2) is 3.68. The molecule has 2 rings (SSSR count). The summed E-state index contributed by atoms with van der Waals surface area (Å²) in [5, 5.41) is 11.8. The number of methoxy groups -OCH3 is 1. The zero-order valence-electron chi connectivity index (χ0n) is 8.19. The van der Waals surface area contributed by atoms with E-state index in [1.807, 2.05) is 0 Å². The number of rotatable bonds is 2. The Morgan fingerprint density at radius 3 is 3.13 bits per heavy atom. The Bertz CT molecular complexity index is 391. The Morgan fingerprint density at radius 1 is 1.67 bits per heavy atom. The Hall–Kier alpha value is -1.91. The van der Waals surface area contributed by atoms with Crippen molar-refractivity contribution in [2.24, 2.45) is 0 Å².